The molecule has 202 valence electrons. The Labute approximate surface area is 218 Å². The summed E-state index contributed by atoms with van der Waals surface area (Å²) in [5.74, 6) is 0. The van der Waals surface area contributed by atoms with Gasteiger partial charge in [0.05, 0.1) is 11.1 Å². The van der Waals surface area contributed by atoms with Crippen molar-refractivity contribution >= 4 is 26.5 Å². The standard InChI is InChI=1S/C29H34F6P2/c1-19(37(26(2,3)4)27(5,6)7)24-9-8-10-25(24)36(22-15-11-20(12-16-22)28(30,31)32)23-17-13-21(14-18-23)29(33,34)35/h8-19,25H,1-7H3/t19-,25?/m0/s1. The van der Waals surface area contributed by atoms with Crippen LogP contribution in [0.1, 0.15) is 59.6 Å². The van der Waals surface area contributed by atoms with Crippen molar-refractivity contribution in [2.24, 2.45) is 0 Å². The Hall–Kier alpha value is -1.64. The van der Waals surface area contributed by atoms with Gasteiger partial charge in [0.2, 0.25) is 0 Å². The van der Waals surface area contributed by atoms with Crippen LogP contribution >= 0.6 is 15.8 Å². The lowest BCUT2D eigenvalue weighted by molar-refractivity contribution is -0.138. The molecule has 37 heavy (non-hydrogen) atoms. The Bertz CT molecular complexity index is 1060. The molecule has 0 radical (unpaired) electrons. The van der Waals surface area contributed by atoms with Crippen molar-refractivity contribution in [3.05, 3.63) is 83.5 Å². The van der Waals surface area contributed by atoms with E-state index in [-0.39, 0.29) is 21.6 Å². The van der Waals surface area contributed by atoms with Crippen molar-refractivity contribution in [2.75, 3.05) is 0 Å². The van der Waals surface area contributed by atoms with E-state index in [1.165, 1.54) is 29.8 Å². The van der Waals surface area contributed by atoms with Crippen molar-refractivity contribution in [2.45, 2.75) is 82.4 Å². The minimum Gasteiger partial charge on any atom is -0.166 e. The molecule has 8 heteroatoms. The molecule has 2 aromatic carbocycles. The summed E-state index contributed by atoms with van der Waals surface area (Å²) in [7, 11) is -1.84. The lowest BCUT2D eigenvalue weighted by atomic mass is 10.1. The highest BCUT2D eigenvalue weighted by molar-refractivity contribution is 7.74. The summed E-state index contributed by atoms with van der Waals surface area (Å²) in [5, 5.41) is 1.50. The first kappa shape index (κ1) is 29.9. The number of allylic oxidation sites excluding steroid dienone is 4. The summed E-state index contributed by atoms with van der Waals surface area (Å²) in [4.78, 5) is 0. The quantitative estimate of drug-likeness (QED) is 0.253. The predicted octanol–water partition coefficient (Wildman–Crippen LogP) is 9.49. The van der Waals surface area contributed by atoms with Crippen LogP contribution in [0.2, 0.25) is 0 Å². The smallest absolute Gasteiger partial charge is 0.166 e. The summed E-state index contributed by atoms with van der Waals surface area (Å²) in [6, 6.07) is 10.2. The van der Waals surface area contributed by atoms with Crippen molar-refractivity contribution in [1.82, 2.24) is 0 Å². The Morgan fingerprint density at radius 3 is 1.35 bits per heavy atom. The van der Waals surface area contributed by atoms with E-state index in [4.69, 9.17) is 0 Å². The van der Waals surface area contributed by atoms with Gasteiger partial charge in [-0.15, -0.1) is 0 Å². The molecule has 0 saturated heterocycles. The second kappa shape index (κ2) is 10.5. The molecule has 0 fully saturated rings. The second-order valence-corrected chi connectivity index (χ2v) is 17.9. The summed E-state index contributed by atoms with van der Waals surface area (Å²) in [5.41, 5.74) is -0.193. The largest absolute Gasteiger partial charge is 0.416 e. The first-order valence-electron chi connectivity index (χ1n) is 12.1. The minimum absolute atomic E-state index is 0.0481. The number of benzene rings is 2. The third-order valence-corrected chi connectivity index (χ3v) is 13.2. The van der Waals surface area contributed by atoms with Crippen LogP contribution in [-0.2, 0) is 12.4 Å². The number of rotatable bonds is 5. The molecule has 1 aliphatic carbocycles. The van der Waals surface area contributed by atoms with E-state index in [1.54, 1.807) is 0 Å². The molecule has 0 aromatic heterocycles. The Balaban J connectivity index is 2.11. The fourth-order valence-electron chi connectivity index (χ4n) is 5.51. The van der Waals surface area contributed by atoms with Gasteiger partial charge in [0.1, 0.15) is 0 Å². The van der Waals surface area contributed by atoms with E-state index >= 15 is 0 Å². The highest BCUT2D eigenvalue weighted by Gasteiger charge is 2.42. The van der Waals surface area contributed by atoms with Gasteiger partial charge in [-0.2, -0.15) is 26.3 Å². The third kappa shape index (κ3) is 6.87. The zero-order valence-electron chi connectivity index (χ0n) is 22.2. The number of alkyl halides is 6. The van der Waals surface area contributed by atoms with E-state index in [9.17, 15) is 26.3 Å². The zero-order chi connectivity index (χ0) is 28.0. The van der Waals surface area contributed by atoms with Gasteiger partial charge in [0.25, 0.3) is 0 Å². The molecule has 1 unspecified atom stereocenters. The van der Waals surface area contributed by atoms with Gasteiger partial charge in [0, 0.05) is 5.66 Å². The van der Waals surface area contributed by atoms with Crippen molar-refractivity contribution in [1.29, 1.82) is 0 Å². The fraction of sp³-hybridized carbons (Fsp3) is 0.448. The molecule has 0 amide bonds. The van der Waals surface area contributed by atoms with Crippen molar-refractivity contribution in [3.63, 3.8) is 0 Å². The van der Waals surface area contributed by atoms with Gasteiger partial charge in [-0.3, -0.25) is 0 Å². The number of hydrogen-bond donors (Lipinski definition) is 0. The van der Waals surface area contributed by atoms with E-state index < -0.39 is 39.3 Å². The van der Waals surface area contributed by atoms with Gasteiger partial charge < -0.3 is 0 Å². The fourth-order valence-corrected chi connectivity index (χ4v) is 13.3. The first-order chi connectivity index (χ1) is 16.8. The monoisotopic (exact) mass is 558 g/mol. The minimum atomic E-state index is -4.46. The SMILES string of the molecule is C[C@@H](C1=CC=CC1P(c1ccc(C(F)(F)F)cc1)c1ccc(C(F)(F)F)cc1)P(C(C)(C)C)C(C)(C)C. The van der Waals surface area contributed by atoms with Gasteiger partial charge >= 0.3 is 12.4 Å². The van der Waals surface area contributed by atoms with Gasteiger partial charge in [0.15, 0.2) is 0 Å². The molecule has 0 spiro atoms. The highest BCUT2D eigenvalue weighted by atomic mass is 31.1. The van der Waals surface area contributed by atoms with Crippen LogP contribution < -0.4 is 10.6 Å². The molecule has 3 rings (SSSR count). The molecule has 0 aliphatic heterocycles. The van der Waals surface area contributed by atoms with E-state index in [2.05, 4.69) is 60.6 Å². The van der Waals surface area contributed by atoms with Gasteiger partial charge in [-0.25, -0.2) is 0 Å². The topological polar surface area (TPSA) is 0 Å². The van der Waals surface area contributed by atoms with Crippen LogP contribution in [-0.4, -0.2) is 21.6 Å². The predicted molar refractivity (Wildman–Crippen MR) is 146 cm³/mol. The summed E-state index contributed by atoms with van der Waals surface area (Å²) in [6.07, 6.45) is -2.77. The van der Waals surface area contributed by atoms with E-state index in [1.807, 2.05) is 6.08 Å². The third-order valence-electron chi connectivity index (χ3n) is 6.46. The summed E-state index contributed by atoms with van der Waals surface area (Å²) < 4.78 is 79.6. The molecule has 0 heterocycles. The van der Waals surface area contributed by atoms with Crippen LogP contribution in [0.25, 0.3) is 0 Å². The van der Waals surface area contributed by atoms with E-state index in [0.29, 0.717) is 10.6 Å². The number of halogens is 6. The first-order valence-corrected chi connectivity index (χ1v) is 15.0. The maximum absolute atomic E-state index is 13.3. The van der Waals surface area contributed by atoms with Crippen LogP contribution in [0.15, 0.2) is 72.3 Å². The van der Waals surface area contributed by atoms with Crippen LogP contribution in [0.3, 0.4) is 0 Å². The Kier molecular flexibility index (Phi) is 8.48. The Morgan fingerprint density at radius 1 is 0.649 bits per heavy atom. The highest BCUT2D eigenvalue weighted by Crippen LogP contribution is 2.65. The molecule has 2 aromatic rings. The molecular formula is C29H34F6P2. The van der Waals surface area contributed by atoms with Crippen LogP contribution in [0.4, 0.5) is 26.3 Å². The zero-order valence-corrected chi connectivity index (χ0v) is 24.0. The van der Waals surface area contributed by atoms with Crippen LogP contribution in [0.5, 0.6) is 0 Å². The summed E-state index contributed by atoms with van der Waals surface area (Å²) in [6.45, 7) is 15.7. The molecular weight excluding hydrogens is 524 g/mol. The molecule has 0 saturated carbocycles. The second-order valence-electron chi connectivity index (χ2n) is 11.3. The lowest BCUT2D eigenvalue weighted by Gasteiger charge is -2.47. The number of hydrogen-bond acceptors (Lipinski definition) is 0. The van der Waals surface area contributed by atoms with Crippen LogP contribution in [0, 0.1) is 0 Å². The average molecular weight is 559 g/mol. The average Bonchev–Trinajstić information content (AvgIpc) is 3.21. The normalized spacial score (nSPS) is 18.0. The van der Waals surface area contributed by atoms with Gasteiger partial charge in [-0.05, 0) is 58.8 Å². The maximum Gasteiger partial charge on any atom is 0.416 e. The molecule has 0 nitrogen and oxygen atoms in total. The van der Waals surface area contributed by atoms with Crippen molar-refractivity contribution in [3.8, 4) is 0 Å². The molecule has 1 aliphatic rings. The molecule has 0 bridgehead atoms. The lowest BCUT2D eigenvalue weighted by Crippen LogP contribution is -2.33. The summed E-state index contributed by atoms with van der Waals surface area (Å²) >= 11 is 0. The van der Waals surface area contributed by atoms with Gasteiger partial charge in [-0.1, -0.05) is 104 Å². The maximum atomic E-state index is 13.3. The molecule has 2 atom stereocenters. The Morgan fingerprint density at radius 2 is 1.03 bits per heavy atom. The van der Waals surface area contributed by atoms with E-state index in [0.717, 1.165) is 24.3 Å². The van der Waals surface area contributed by atoms with Crippen molar-refractivity contribution < 1.29 is 26.3 Å². The molecule has 0 N–H and O–H groups in total.